The Morgan fingerprint density at radius 2 is 0.444 bits per heavy atom. The molecule has 0 aliphatic heterocycles. The molecule has 36 heavy (non-hydrogen) atoms. The number of hydrogen-bond donors (Lipinski definition) is 0. The predicted molar refractivity (Wildman–Crippen MR) is 164 cm³/mol. The van der Waals surface area contributed by atoms with Crippen LogP contribution in [0.25, 0.3) is 0 Å². The maximum atomic E-state index is 2.46. The van der Waals surface area contributed by atoms with E-state index in [1.165, 1.54) is 197 Å². The van der Waals surface area contributed by atoms with Crippen LogP contribution in [0.15, 0.2) is 0 Å². The van der Waals surface area contributed by atoms with Gasteiger partial charge in [0, 0.05) is 0 Å². The molecule has 0 fully saturated rings. The number of rotatable bonds is 30. The van der Waals surface area contributed by atoms with Crippen LogP contribution in [0.4, 0.5) is 0 Å². The first-order chi connectivity index (χ1) is 17.1. The maximum Gasteiger partial charge on any atom is 0.0782 e. The molecule has 2 nitrogen and oxygen atoms in total. The molecular weight excluding hydrogens is 438 g/mol. The van der Waals surface area contributed by atoms with Crippen molar-refractivity contribution >= 4 is 0 Å². The quantitative estimate of drug-likeness (QED) is 0.0696. The molecule has 0 rings (SSSR count). The first-order valence-electron chi connectivity index (χ1n) is 16.9. The molecule has 0 bridgehead atoms. The Morgan fingerprint density at radius 1 is 0.278 bits per heavy atom. The minimum Gasteiger partial charge on any atom is -0.870 e. The second-order valence-corrected chi connectivity index (χ2v) is 12.6. The van der Waals surface area contributed by atoms with Crippen LogP contribution in [0.5, 0.6) is 0 Å². The number of nitrogens with zero attached hydrogens (tertiary/aromatic N) is 1. The van der Waals surface area contributed by atoms with E-state index < -0.39 is 0 Å². The van der Waals surface area contributed by atoms with Gasteiger partial charge in [-0.2, -0.15) is 0 Å². The Labute approximate surface area is 230 Å². The first-order valence-corrected chi connectivity index (χ1v) is 16.9. The Hall–Kier alpha value is -0.0800. The minimum atomic E-state index is 0. The van der Waals surface area contributed by atoms with Gasteiger partial charge in [-0.3, -0.25) is 0 Å². The molecule has 0 aliphatic rings. The van der Waals surface area contributed by atoms with E-state index in [0.29, 0.717) is 0 Å². The SMILES string of the molecule is CCCCCCCCCCCCCCCC[N+](C)(C)CCCCCCCCCCCCCCCC.[OH-]. The number of unbranched alkanes of at least 4 members (excludes halogenated alkanes) is 26. The standard InChI is InChI=1S/C34H72N.H2O/c1-5-7-9-11-13-15-17-19-21-23-25-27-29-31-33-35(3,4)34-32-30-28-26-24-22-20-18-16-14-12-10-8-6-2;/h5-34H2,1-4H3;1H2/q+1;/p-1. The molecule has 0 atom stereocenters. The van der Waals surface area contributed by atoms with Crippen molar-refractivity contribution in [2.75, 3.05) is 27.2 Å². The maximum absolute atomic E-state index is 2.46. The number of hydrogen-bond acceptors (Lipinski definition) is 1. The normalized spacial score (nSPS) is 11.7. The highest BCUT2D eigenvalue weighted by Crippen LogP contribution is 2.15. The first kappa shape index (κ1) is 38.1. The zero-order valence-electron chi connectivity index (χ0n) is 26.1. The van der Waals surface area contributed by atoms with Gasteiger partial charge >= 0.3 is 0 Å². The van der Waals surface area contributed by atoms with Gasteiger partial charge in [-0.15, -0.1) is 0 Å². The lowest BCUT2D eigenvalue weighted by Crippen LogP contribution is -2.41. The molecule has 0 radical (unpaired) electrons. The summed E-state index contributed by atoms with van der Waals surface area (Å²) in [5, 5.41) is 0. The largest absolute Gasteiger partial charge is 0.870 e. The third-order valence-electron chi connectivity index (χ3n) is 8.23. The lowest BCUT2D eigenvalue weighted by Gasteiger charge is -2.30. The lowest BCUT2D eigenvalue weighted by molar-refractivity contribution is -0.890. The Kier molecular flexibility index (Phi) is 32.9. The van der Waals surface area contributed by atoms with E-state index >= 15 is 0 Å². The van der Waals surface area contributed by atoms with Crippen molar-refractivity contribution in [3.63, 3.8) is 0 Å². The average molecular weight is 512 g/mol. The molecule has 0 spiro atoms. The summed E-state index contributed by atoms with van der Waals surface area (Å²) in [6.45, 7) is 7.38. The Bertz CT molecular complexity index is 347. The van der Waals surface area contributed by atoms with Crippen molar-refractivity contribution in [1.29, 1.82) is 0 Å². The highest BCUT2D eigenvalue weighted by atomic mass is 16.0. The van der Waals surface area contributed by atoms with Crippen LogP contribution in [0.1, 0.15) is 194 Å². The second kappa shape index (κ2) is 31.1. The van der Waals surface area contributed by atoms with Gasteiger partial charge in [-0.05, 0) is 25.7 Å². The zero-order chi connectivity index (χ0) is 25.7. The van der Waals surface area contributed by atoms with Gasteiger partial charge in [0.05, 0.1) is 27.2 Å². The van der Waals surface area contributed by atoms with E-state index in [1.54, 1.807) is 0 Å². The van der Waals surface area contributed by atoms with Gasteiger partial charge in [-0.1, -0.05) is 168 Å². The third-order valence-corrected chi connectivity index (χ3v) is 8.23. The van der Waals surface area contributed by atoms with Gasteiger partial charge in [0.25, 0.3) is 0 Å². The van der Waals surface area contributed by atoms with Crippen LogP contribution in [-0.4, -0.2) is 37.1 Å². The fourth-order valence-corrected chi connectivity index (χ4v) is 5.58. The van der Waals surface area contributed by atoms with Crippen LogP contribution in [0.3, 0.4) is 0 Å². The highest BCUT2D eigenvalue weighted by molar-refractivity contribution is 4.51. The fourth-order valence-electron chi connectivity index (χ4n) is 5.58. The van der Waals surface area contributed by atoms with E-state index in [9.17, 15) is 0 Å². The van der Waals surface area contributed by atoms with Crippen LogP contribution >= 0.6 is 0 Å². The molecule has 2 heteroatoms. The summed E-state index contributed by atoms with van der Waals surface area (Å²) in [6, 6.07) is 0. The summed E-state index contributed by atoms with van der Waals surface area (Å²) in [7, 11) is 4.93. The van der Waals surface area contributed by atoms with E-state index in [4.69, 9.17) is 0 Å². The van der Waals surface area contributed by atoms with Crippen molar-refractivity contribution in [1.82, 2.24) is 0 Å². The zero-order valence-corrected chi connectivity index (χ0v) is 26.1. The van der Waals surface area contributed by atoms with Crippen molar-refractivity contribution in [2.45, 2.75) is 194 Å². The van der Waals surface area contributed by atoms with Crippen molar-refractivity contribution in [3.05, 3.63) is 0 Å². The van der Waals surface area contributed by atoms with Crippen LogP contribution in [0, 0.1) is 0 Å². The topological polar surface area (TPSA) is 30.0 Å². The van der Waals surface area contributed by atoms with E-state index in [2.05, 4.69) is 27.9 Å². The monoisotopic (exact) mass is 512 g/mol. The molecule has 0 aromatic heterocycles. The van der Waals surface area contributed by atoms with Gasteiger partial charge in [0.15, 0.2) is 0 Å². The summed E-state index contributed by atoms with van der Waals surface area (Å²) < 4.78 is 1.25. The third kappa shape index (κ3) is 31.9. The van der Waals surface area contributed by atoms with Crippen molar-refractivity contribution in [2.24, 2.45) is 0 Å². The smallest absolute Gasteiger partial charge is 0.0782 e. The molecule has 0 aliphatic carbocycles. The second-order valence-electron chi connectivity index (χ2n) is 12.6. The summed E-state index contributed by atoms with van der Waals surface area (Å²) in [5.74, 6) is 0. The molecule has 220 valence electrons. The summed E-state index contributed by atoms with van der Waals surface area (Å²) >= 11 is 0. The average Bonchev–Trinajstić information content (AvgIpc) is 2.84. The molecule has 0 aromatic rings. The van der Waals surface area contributed by atoms with Crippen LogP contribution < -0.4 is 0 Å². The highest BCUT2D eigenvalue weighted by Gasteiger charge is 2.13. The predicted octanol–water partition coefficient (Wildman–Crippen LogP) is 11.8. The van der Waals surface area contributed by atoms with Gasteiger partial charge in [-0.25, -0.2) is 0 Å². The molecule has 0 aromatic carbocycles. The van der Waals surface area contributed by atoms with E-state index in [1.807, 2.05) is 0 Å². The molecule has 1 N–H and O–H groups in total. The molecule has 0 saturated heterocycles. The summed E-state index contributed by atoms with van der Waals surface area (Å²) in [4.78, 5) is 0. The Morgan fingerprint density at radius 3 is 0.639 bits per heavy atom. The number of quaternary nitrogens is 1. The van der Waals surface area contributed by atoms with Crippen molar-refractivity contribution < 1.29 is 9.96 Å². The molecule has 0 amide bonds. The van der Waals surface area contributed by atoms with Gasteiger partial charge in [0.2, 0.25) is 0 Å². The van der Waals surface area contributed by atoms with Crippen LogP contribution in [-0.2, 0) is 0 Å². The van der Waals surface area contributed by atoms with E-state index in [-0.39, 0.29) is 5.48 Å². The van der Waals surface area contributed by atoms with Gasteiger partial charge in [0.1, 0.15) is 0 Å². The van der Waals surface area contributed by atoms with E-state index in [0.717, 1.165) is 0 Å². The fraction of sp³-hybridized carbons (Fsp3) is 1.00. The van der Waals surface area contributed by atoms with Crippen molar-refractivity contribution in [3.8, 4) is 0 Å². The molecular formula is C34H73NO. The molecule has 0 saturated carbocycles. The van der Waals surface area contributed by atoms with Crippen LogP contribution in [0.2, 0.25) is 0 Å². The Balaban J connectivity index is 0. The van der Waals surface area contributed by atoms with Gasteiger partial charge < -0.3 is 9.96 Å². The minimum absolute atomic E-state index is 0. The lowest BCUT2D eigenvalue weighted by atomic mass is 10.0. The molecule has 0 heterocycles. The summed E-state index contributed by atoms with van der Waals surface area (Å²) in [5.41, 5.74) is 0. The summed E-state index contributed by atoms with van der Waals surface area (Å²) in [6.07, 6.45) is 40.9. The molecule has 0 unspecified atom stereocenters.